The van der Waals surface area contributed by atoms with Crippen molar-refractivity contribution in [1.82, 2.24) is 4.72 Å². The van der Waals surface area contributed by atoms with Crippen molar-refractivity contribution < 1.29 is 26.4 Å². The van der Waals surface area contributed by atoms with Gasteiger partial charge in [0.1, 0.15) is 0 Å². The third kappa shape index (κ3) is 4.10. The van der Waals surface area contributed by atoms with Crippen LogP contribution in [0.2, 0.25) is 5.02 Å². The van der Waals surface area contributed by atoms with Crippen LogP contribution in [0.15, 0.2) is 47.4 Å². The molecule has 0 aromatic heterocycles. The maximum Gasteiger partial charge on any atom is 0.417 e. The number of sulfonamides is 1. The second kappa shape index (κ2) is 6.74. The Morgan fingerprint density at radius 3 is 2.36 bits per heavy atom. The highest BCUT2D eigenvalue weighted by molar-refractivity contribution is 7.90. The van der Waals surface area contributed by atoms with Crippen LogP contribution in [0.1, 0.15) is 21.5 Å². The molecular weight excluding hydrogens is 381 g/mol. The van der Waals surface area contributed by atoms with Crippen LogP contribution < -0.4 is 4.72 Å². The van der Waals surface area contributed by atoms with Gasteiger partial charge in [-0.05, 0) is 30.3 Å². The number of benzene rings is 2. The van der Waals surface area contributed by atoms with E-state index in [0.29, 0.717) is 6.07 Å². The molecule has 10 heteroatoms. The standard InChI is InChI=1S/C15H8ClF3N2O3S/c16-13-4-2-1-3-11(13)14(22)21-25(23,24)10-6-5-9(8-20)12(7-10)15(17,18)19/h1-7H,(H,21,22). The summed E-state index contributed by atoms with van der Waals surface area (Å²) in [4.78, 5) is 11.2. The number of nitrogens with one attached hydrogen (secondary N) is 1. The van der Waals surface area contributed by atoms with Gasteiger partial charge in [0.15, 0.2) is 0 Å². The Balaban J connectivity index is 2.43. The van der Waals surface area contributed by atoms with E-state index in [-0.39, 0.29) is 10.6 Å². The van der Waals surface area contributed by atoms with E-state index >= 15 is 0 Å². The number of hydrogen-bond donors (Lipinski definition) is 1. The minimum Gasteiger partial charge on any atom is -0.268 e. The molecule has 0 heterocycles. The smallest absolute Gasteiger partial charge is 0.268 e. The summed E-state index contributed by atoms with van der Waals surface area (Å²) in [6, 6.07) is 8.72. The fourth-order valence-corrected chi connectivity index (χ4v) is 3.12. The summed E-state index contributed by atoms with van der Waals surface area (Å²) in [5.74, 6) is -1.09. The summed E-state index contributed by atoms with van der Waals surface area (Å²) < 4.78 is 64.8. The highest BCUT2D eigenvalue weighted by Gasteiger charge is 2.35. The van der Waals surface area contributed by atoms with Crippen LogP contribution in [-0.4, -0.2) is 14.3 Å². The van der Waals surface area contributed by atoms with Crippen LogP contribution in [0.5, 0.6) is 0 Å². The molecule has 2 aromatic rings. The van der Waals surface area contributed by atoms with Crippen LogP contribution >= 0.6 is 11.6 Å². The van der Waals surface area contributed by atoms with Gasteiger partial charge in [0.2, 0.25) is 0 Å². The van der Waals surface area contributed by atoms with Crippen LogP contribution in [0.4, 0.5) is 13.2 Å². The first-order valence-electron chi connectivity index (χ1n) is 6.49. The number of hydrogen-bond acceptors (Lipinski definition) is 4. The quantitative estimate of drug-likeness (QED) is 0.873. The zero-order valence-electron chi connectivity index (χ0n) is 12.1. The van der Waals surface area contributed by atoms with E-state index in [1.165, 1.54) is 30.3 Å². The molecule has 0 radical (unpaired) electrons. The van der Waals surface area contributed by atoms with Gasteiger partial charge < -0.3 is 0 Å². The van der Waals surface area contributed by atoms with Crippen molar-refractivity contribution >= 4 is 27.5 Å². The number of carbonyl (C=O) groups is 1. The Labute approximate surface area is 145 Å². The molecule has 0 fully saturated rings. The highest BCUT2D eigenvalue weighted by atomic mass is 35.5. The highest BCUT2D eigenvalue weighted by Crippen LogP contribution is 2.33. The second-order valence-corrected chi connectivity index (χ2v) is 6.82. The largest absolute Gasteiger partial charge is 0.417 e. The van der Waals surface area contributed by atoms with E-state index in [4.69, 9.17) is 16.9 Å². The average Bonchev–Trinajstić information content (AvgIpc) is 2.53. The summed E-state index contributed by atoms with van der Waals surface area (Å²) >= 11 is 5.78. The van der Waals surface area contributed by atoms with E-state index in [9.17, 15) is 26.4 Å². The lowest BCUT2D eigenvalue weighted by atomic mass is 10.1. The number of halogens is 4. The average molecular weight is 389 g/mol. The first-order valence-corrected chi connectivity index (χ1v) is 8.35. The van der Waals surface area contributed by atoms with Gasteiger partial charge in [-0.2, -0.15) is 18.4 Å². The topological polar surface area (TPSA) is 87.0 Å². The third-order valence-electron chi connectivity index (χ3n) is 3.07. The molecule has 130 valence electrons. The molecule has 1 N–H and O–H groups in total. The maximum atomic E-state index is 12.9. The first kappa shape index (κ1) is 18.8. The molecule has 0 bridgehead atoms. The van der Waals surface area contributed by atoms with Crippen molar-refractivity contribution in [3.63, 3.8) is 0 Å². The van der Waals surface area contributed by atoms with Gasteiger partial charge >= 0.3 is 6.18 Å². The van der Waals surface area contributed by atoms with Crippen molar-refractivity contribution in [2.45, 2.75) is 11.1 Å². The number of alkyl halides is 3. The van der Waals surface area contributed by atoms with E-state index in [0.717, 1.165) is 12.1 Å². The number of nitrogens with zero attached hydrogens (tertiary/aromatic N) is 1. The lowest BCUT2D eigenvalue weighted by Gasteiger charge is -2.12. The van der Waals surface area contributed by atoms with Crippen LogP contribution in [-0.2, 0) is 16.2 Å². The predicted molar refractivity (Wildman–Crippen MR) is 82.3 cm³/mol. The minimum absolute atomic E-state index is 0.0222. The van der Waals surface area contributed by atoms with E-state index in [2.05, 4.69) is 0 Å². The summed E-state index contributed by atoms with van der Waals surface area (Å²) in [5.41, 5.74) is -2.30. The van der Waals surface area contributed by atoms with Gasteiger partial charge in [0.05, 0.1) is 32.7 Å². The van der Waals surface area contributed by atoms with E-state index in [1.54, 1.807) is 4.72 Å². The molecule has 25 heavy (non-hydrogen) atoms. The van der Waals surface area contributed by atoms with Gasteiger partial charge in [-0.3, -0.25) is 4.79 Å². The Morgan fingerprint density at radius 1 is 1.16 bits per heavy atom. The second-order valence-electron chi connectivity index (χ2n) is 4.73. The summed E-state index contributed by atoms with van der Waals surface area (Å²) in [6.07, 6.45) is -4.93. The number of carbonyl (C=O) groups excluding carboxylic acids is 1. The summed E-state index contributed by atoms with van der Waals surface area (Å²) in [6.45, 7) is 0. The van der Waals surface area contributed by atoms with Crippen LogP contribution in [0.3, 0.4) is 0 Å². The molecule has 0 atom stereocenters. The van der Waals surface area contributed by atoms with Crippen molar-refractivity contribution in [3.05, 3.63) is 64.2 Å². The van der Waals surface area contributed by atoms with Gasteiger partial charge in [0, 0.05) is 0 Å². The number of nitriles is 1. The van der Waals surface area contributed by atoms with Crippen LogP contribution in [0, 0.1) is 11.3 Å². The van der Waals surface area contributed by atoms with Gasteiger partial charge in [0.25, 0.3) is 15.9 Å². The summed E-state index contributed by atoms with van der Waals surface area (Å²) in [7, 11) is -4.60. The Bertz CT molecular complexity index is 982. The van der Waals surface area contributed by atoms with E-state index < -0.39 is 38.1 Å². The SMILES string of the molecule is N#Cc1ccc(S(=O)(=O)NC(=O)c2ccccc2Cl)cc1C(F)(F)F. The lowest BCUT2D eigenvalue weighted by molar-refractivity contribution is -0.137. The molecule has 0 saturated carbocycles. The van der Waals surface area contributed by atoms with Crippen molar-refractivity contribution in [2.24, 2.45) is 0 Å². The monoisotopic (exact) mass is 388 g/mol. The number of rotatable bonds is 3. The fourth-order valence-electron chi connectivity index (χ4n) is 1.90. The lowest BCUT2D eigenvalue weighted by Crippen LogP contribution is -2.31. The molecule has 1 amide bonds. The Hall–Kier alpha value is -2.57. The van der Waals surface area contributed by atoms with Crippen molar-refractivity contribution in [2.75, 3.05) is 0 Å². The Morgan fingerprint density at radius 2 is 1.80 bits per heavy atom. The molecule has 0 aliphatic heterocycles. The molecule has 0 unspecified atom stereocenters. The predicted octanol–water partition coefficient (Wildman–Crippen LogP) is 3.35. The first-order chi connectivity index (χ1) is 11.6. The fraction of sp³-hybridized carbons (Fsp3) is 0.0667. The molecular formula is C15H8ClF3N2O3S. The van der Waals surface area contributed by atoms with E-state index in [1.807, 2.05) is 0 Å². The molecule has 2 rings (SSSR count). The van der Waals surface area contributed by atoms with Gasteiger partial charge in [-0.1, -0.05) is 23.7 Å². The van der Waals surface area contributed by atoms with Gasteiger partial charge in [-0.15, -0.1) is 0 Å². The van der Waals surface area contributed by atoms with Gasteiger partial charge in [-0.25, -0.2) is 13.1 Å². The Kier molecular flexibility index (Phi) is 5.06. The molecule has 0 aliphatic rings. The van der Waals surface area contributed by atoms with Crippen LogP contribution in [0.25, 0.3) is 0 Å². The zero-order valence-corrected chi connectivity index (χ0v) is 13.7. The molecule has 5 nitrogen and oxygen atoms in total. The molecule has 0 saturated heterocycles. The minimum atomic E-state index is -4.93. The normalized spacial score (nSPS) is 11.6. The van der Waals surface area contributed by atoms with Crippen molar-refractivity contribution in [3.8, 4) is 6.07 Å². The summed E-state index contributed by atoms with van der Waals surface area (Å²) in [5, 5.41) is 8.69. The molecule has 0 spiro atoms. The molecule has 2 aromatic carbocycles. The third-order valence-corrected chi connectivity index (χ3v) is 4.73. The molecule has 0 aliphatic carbocycles. The maximum absolute atomic E-state index is 12.9. The zero-order chi connectivity index (χ0) is 18.8. The van der Waals surface area contributed by atoms with Crippen molar-refractivity contribution in [1.29, 1.82) is 5.26 Å². The number of amides is 1.